The SMILES string of the molecule is C[C@H]1OC(Oc2c(-c3ccc(O)c(O)c3)oc3cc(O)cc(O)c3c2=O)[C@@H](O)C(O)[C@@H]1O. The van der Waals surface area contributed by atoms with Crippen molar-refractivity contribution < 1.29 is 49.6 Å². The van der Waals surface area contributed by atoms with Crippen LogP contribution in [0.5, 0.6) is 28.7 Å². The fourth-order valence-electron chi connectivity index (χ4n) is 3.46. The van der Waals surface area contributed by atoms with E-state index in [0.717, 1.165) is 24.3 Å². The van der Waals surface area contributed by atoms with Crippen LogP contribution in [0.4, 0.5) is 0 Å². The molecule has 1 aliphatic heterocycles. The van der Waals surface area contributed by atoms with Crippen molar-refractivity contribution in [3.63, 3.8) is 0 Å². The molecule has 0 radical (unpaired) electrons. The number of hydrogen-bond acceptors (Lipinski definition) is 11. The second-order valence-electron chi connectivity index (χ2n) is 7.43. The Morgan fingerprint density at radius 3 is 2.28 bits per heavy atom. The Bertz CT molecular complexity index is 1230. The Morgan fingerprint density at radius 2 is 1.59 bits per heavy atom. The minimum Gasteiger partial charge on any atom is -0.508 e. The van der Waals surface area contributed by atoms with Gasteiger partial charge in [-0.15, -0.1) is 0 Å². The topological polar surface area (TPSA) is 190 Å². The summed E-state index contributed by atoms with van der Waals surface area (Å²) in [5, 5.41) is 69.2. The summed E-state index contributed by atoms with van der Waals surface area (Å²) in [6.07, 6.45) is -7.35. The van der Waals surface area contributed by atoms with Crippen LogP contribution in [0, 0.1) is 0 Å². The highest BCUT2D eigenvalue weighted by molar-refractivity contribution is 5.88. The van der Waals surface area contributed by atoms with Crippen molar-refractivity contribution in [1.82, 2.24) is 0 Å². The second kappa shape index (κ2) is 7.88. The van der Waals surface area contributed by atoms with Gasteiger partial charge in [-0.25, -0.2) is 0 Å². The van der Waals surface area contributed by atoms with E-state index in [1.807, 2.05) is 0 Å². The number of aromatic hydroxyl groups is 4. The molecule has 0 bridgehead atoms. The molecular formula is C21H20O11. The molecule has 7 N–H and O–H groups in total. The molecule has 1 saturated heterocycles. The minimum absolute atomic E-state index is 0.0658. The number of aliphatic hydroxyl groups is 3. The quantitative estimate of drug-likeness (QED) is 0.276. The first-order valence-electron chi connectivity index (χ1n) is 9.50. The summed E-state index contributed by atoms with van der Waals surface area (Å²) in [5.74, 6) is -2.80. The van der Waals surface area contributed by atoms with Gasteiger partial charge in [0.1, 0.15) is 40.8 Å². The molecule has 0 aliphatic carbocycles. The summed E-state index contributed by atoms with van der Waals surface area (Å²) in [6.45, 7) is 1.42. The third-order valence-electron chi connectivity index (χ3n) is 5.20. The number of hydrogen-bond donors (Lipinski definition) is 7. The van der Waals surface area contributed by atoms with Crippen molar-refractivity contribution >= 4 is 11.0 Å². The van der Waals surface area contributed by atoms with Gasteiger partial charge in [0.25, 0.3) is 0 Å². The van der Waals surface area contributed by atoms with Gasteiger partial charge in [-0.05, 0) is 25.1 Å². The van der Waals surface area contributed by atoms with Crippen molar-refractivity contribution in [1.29, 1.82) is 0 Å². The zero-order valence-corrected chi connectivity index (χ0v) is 16.5. The molecule has 0 spiro atoms. The lowest BCUT2D eigenvalue weighted by molar-refractivity contribution is -0.268. The van der Waals surface area contributed by atoms with Crippen molar-refractivity contribution in [3.05, 3.63) is 40.6 Å². The Balaban J connectivity index is 1.92. The van der Waals surface area contributed by atoms with Gasteiger partial charge in [0, 0.05) is 17.7 Å². The highest BCUT2D eigenvalue weighted by Gasteiger charge is 2.44. The minimum atomic E-state index is -1.74. The van der Waals surface area contributed by atoms with Crippen LogP contribution in [0.15, 0.2) is 39.5 Å². The van der Waals surface area contributed by atoms with Crippen LogP contribution >= 0.6 is 0 Å². The molecule has 3 aromatic rings. The van der Waals surface area contributed by atoms with E-state index in [9.17, 15) is 40.5 Å². The average Bonchev–Trinajstić information content (AvgIpc) is 2.73. The number of phenolic OH excluding ortho intramolecular Hbond substituents is 4. The van der Waals surface area contributed by atoms with Gasteiger partial charge in [0.05, 0.1) is 6.10 Å². The second-order valence-corrected chi connectivity index (χ2v) is 7.43. The number of aliphatic hydroxyl groups excluding tert-OH is 3. The zero-order chi connectivity index (χ0) is 23.3. The lowest BCUT2D eigenvalue weighted by Gasteiger charge is -2.38. The average molecular weight is 448 g/mol. The molecule has 1 aromatic heterocycles. The van der Waals surface area contributed by atoms with Crippen LogP contribution in [-0.4, -0.2) is 66.5 Å². The molecule has 2 unspecified atom stereocenters. The zero-order valence-electron chi connectivity index (χ0n) is 16.5. The molecule has 2 heterocycles. The van der Waals surface area contributed by atoms with Gasteiger partial charge in [-0.3, -0.25) is 4.79 Å². The number of ether oxygens (including phenoxy) is 2. The molecule has 170 valence electrons. The Kier molecular flexibility index (Phi) is 5.34. The monoisotopic (exact) mass is 448 g/mol. The summed E-state index contributed by atoms with van der Waals surface area (Å²) in [7, 11) is 0. The maximum absolute atomic E-state index is 13.2. The van der Waals surface area contributed by atoms with Gasteiger partial charge >= 0.3 is 0 Å². The molecule has 11 nitrogen and oxygen atoms in total. The first kappa shape index (κ1) is 21.7. The predicted octanol–water partition coefficient (Wildman–Crippen LogP) is 0.489. The standard InChI is InChI=1S/C21H20O11/c1-7-15(26)17(28)18(29)21(30-7)32-20-16(27)14-12(25)5-9(22)6-13(14)31-19(20)8-2-3-10(23)11(24)4-8/h2-7,15,17-18,21-26,28-29H,1H3/t7-,15-,17?,18+,21?/m1/s1. The summed E-state index contributed by atoms with van der Waals surface area (Å²) in [6, 6.07) is 5.51. The normalized spacial score (nSPS) is 25.7. The van der Waals surface area contributed by atoms with Crippen LogP contribution in [0.25, 0.3) is 22.3 Å². The Hall–Kier alpha value is -3.51. The van der Waals surface area contributed by atoms with Crippen LogP contribution in [-0.2, 0) is 4.74 Å². The highest BCUT2D eigenvalue weighted by atomic mass is 16.7. The molecule has 4 rings (SSSR count). The van der Waals surface area contributed by atoms with Gasteiger partial charge in [0.2, 0.25) is 17.5 Å². The van der Waals surface area contributed by atoms with E-state index in [2.05, 4.69) is 0 Å². The third-order valence-corrected chi connectivity index (χ3v) is 5.20. The van der Waals surface area contributed by atoms with Crippen LogP contribution < -0.4 is 10.2 Å². The van der Waals surface area contributed by atoms with E-state index in [-0.39, 0.29) is 28.0 Å². The number of rotatable bonds is 3. The molecule has 2 aromatic carbocycles. The third kappa shape index (κ3) is 3.56. The Morgan fingerprint density at radius 1 is 0.875 bits per heavy atom. The molecule has 1 aliphatic rings. The van der Waals surface area contributed by atoms with E-state index >= 15 is 0 Å². The van der Waals surface area contributed by atoms with Gasteiger partial charge in [-0.2, -0.15) is 0 Å². The fourth-order valence-corrected chi connectivity index (χ4v) is 3.46. The first-order valence-corrected chi connectivity index (χ1v) is 9.50. The molecule has 0 saturated carbocycles. The fraction of sp³-hybridized carbons (Fsp3) is 0.286. The maximum atomic E-state index is 13.2. The molecular weight excluding hydrogens is 428 g/mol. The number of fused-ring (bicyclic) bond motifs is 1. The predicted molar refractivity (Wildman–Crippen MR) is 108 cm³/mol. The maximum Gasteiger partial charge on any atom is 0.239 e. The highest BCUT2D eigenvalue weighted by Crippen LogP contribution is 2.39. The molecule has 0 amide bonds. The van der Waals surface area contributed by atoms with Crippen LogP contribution in [0.3, 0.4) is 0 Å². The largest absolute Gasteiger partial charge is 0.508 e. The van der Waals surface area contributed by atoms with E-state index < -0.39 is 59.1 Å². The van der Waals surface area contributed by atoms with E-state index in [1.165, 1.54) is 13.0 Å². The van der Waals surface area contributed by atoms with Crippen LogP contribution in [0.1, 0.15) is 6.92 Å². The summed E-state index contributed by atoms with van der Waals surface area (Å²) in [4.78, 5) is 13.2. The summed E-state index contributed by atoms with van der Waals surface area (Å²) < 4.78 is 16.6. The van der Waals surface area contributed by atoms with E-state index in [1.54, 1.807) is 0 Å². The van der Waals surface area contributed by atoms with E-state index in [4.69, 9.17) is 13.9 Å². The smallest absolute Gasteiger partial charge is 0.239 e. The van der Waals surface area contributed by atoms with Crippen LogP contribution in [0.2, 0.25) is 0 Å². The lowest BCUT2D eigenvalue weighted by Crippen LogP contribution is -2.58. The van der Waals surface area contributed by atoms with Crippen molar-refractivity contribution in [2.24, 2.45) is 0 Å². The van der Waals surface area contributed by atoms with Crippen molar-refractivity contribution in [2.75, 3.05) is 0 Å². The molecule has 32 heavy (non-hydrogen) atoms. The summed E-state index contributed by atoms with van der Waals surface area (Å²) in [5.41, 5.74) is -1.05. The lowest BCUT2D eigenvalue weighted by atomic mass is 10.00. The van der Waals surface area contributed by atoms with Gasteiger partial charge < -0.3 is 49.6 Å². The van der Waals surface area contributed by atoms with Crippen molar-refractivity contribution in [2.45, 2.75) is 37.6 Å². The first-order chi connectivity index (χ1) is 15.1. The Labute approximate surface area is 179 Å². The van der Waals surface area contributed by atoms with Gasteiger partial charge in [0.15, 0.2) is 17.3 Å². The van der Waals surface area contributed by atoms with Crippen molar-refractivity contribution in [3.8, 4) is 40.1 Å². The molecule has 11 heteroatoms. The van der Waals surface area contributed by atoms with E-state index in [0.29, 0.717) is 0 Å². The van der Waals surface area contributed by atoms with Gasteiger partial charge in [-0.1, -0.05) is 0 Å². The molecule has 1 fully saturated rings. The number of phenols is 4. The number of benzene rings is 2. The summed E-state index contributed by atoms with van der Waals surface area (Å²) >= 11 is 0. The molecule has 5 atom stereocenters.